The number of amides is 3. The highest BCUT2D eigenvalue weighted by Crippen LogP contribution is 2.26. The highest BCUT2D eigenvalue weighted by molar-refractivity contribution is 6.02. The van der Waals surface area contributed by atoms with Gasteiger partial charge in [0.15, 0.2) is 5.78 Å². The molecule has 0 radical (unpaired) electrons. The maximum absolute atomic E-state index is 13.3. The van der Waals surface area contributed by atoms with Gasteiger partial charge in [0.25, 0.3) is 5.91 Å². The molecule has 9 nitrogen and oxygen atoms in total. The van der Waals surface area contributed by atoms with Gasteiger partial charge in [-0.05, 0) is 49.8 Å². The van der Waals surface area contributed by atoms with Gasteiger partial charge in [-0.2, -0.15) is 0 Å². The number of ether oxygens (including phenoxy) is 1. The summed E-state index contributed by atoms with van der Waals surface area (Å²) in [5, 5.41) is 9.25. The van der Waals surface area contributed by atoms with Gasteiger partial charge in [-0.3, -0.25) is 19.2 Å². The summed E-state index contributed by atoms with van der Waals surface area (Å²) >= 11 is 0. The smallest absolute Gasteiger partial charge is 0.268 e. The lowest BCUT2D eigenvalue weighted by Gasteiger charge is -2.28. The number of hydrogen-bond donors (Lipinski definition) is 4. The Morgan fingerprint density at radius 2 is 1.94 bits per heavy atom. The number of carbonyl (C=O) groups excluding carboxylic acids is 4. The topological polar surface area (TPSA) is 129 Å². The molecule has 1 aromatic carbocycles. The van der Waals surface area contributed by atoms with Gasteiger partial charge in [0.05, 0.1) is 13.2 Å². The zero-order chi connectivity index (χ0) is 25.5. The summed E-state index contributed by atoms with van der Waals surface area (Å²) in [6, 6.07) is 5.57. The molecule has 0 bridgehead atoms. The van der Waals surface area contributed by atoms with Gasteiger partial charge in [-0.1, -0.05) is 26.8 Å². The van der Waals surface area contributed by atoms with Crippen LogP contribution in [0.2, 0.25) is 0 Å². The Morgan fingerprint density at radius 1 is 1.17 bits per heavy atom. The minimum absolute atomic E-state index is 0.0827. The average molecular weight is 485 g/mol. The molecule has 3 rings (SSSR count). The Balaban J connectivity index is 1.75. The third kappa shape index (κ3) is 6.61. The van der Waals surface area contributed by atoms with Crippen LogP contribution in [0.25, 0.3) is 10.9 Å². The second-order valence-electron chi connectivity index (χ2n) is 9.51. The molecule has 0 saturated carbocycles. The summed E-state index contributed by atoms with van der Waals surface area (Å²) in [6.07, 6.45) is 2.44. The van der Waals surface area contributed by atoms with Crippen LogP contribution in [0.15, 0.2) is 24.3 Å². The zero-order valence-corrected chi connectivity index (χ0v) is 20.9. The molecule has 1 aliphatic heterocycles. The van der Waals surface area contributed by atoms with E-state index < -0.39 is 23.9 Å². The fourth-order valence-electron chi connectivity index (χ4n) is 4.50. The monoisotopic (exact) mass is 484 g/mol. The van der Waals surface area contributed by atoms with Crippen LogP contribution in [0, 0.1) is 11.8 Å². The van der Waals surface area contributed by atoms with Crippen molar-refractivity contribution in [2.24, 2.45) is 11.8 Å². The molecular formula is C26H36N4O5. The van der Waals surface area contributed by atoms with Gasteiger partial charge in [0, 0.05) is 29.8 Å². The molecule has 3 amide bonds. The molecule has 1 aromatic heterocycles. The third-order valence-electron chi connectivity index (χ3n) is 6.39. The fourth-order valence-corrected chi connectivity index (χ4v) is 4.50. The van der Waals surface area contributed by atoms with Crippen LogP contribution in [0.5, 0.6) is 5.75 Å². The third-order valence-corrected chi connectivity index (χ3v) is 6.39. The largest absolute Gasteiger partial charge is 0.496 e. The van der Waals surface area contributed by atoms with Gasteiger partial charge in [-0.25, -0.2) is 0 Å². The standard InChI is InChI=1S/C26H36N4O5/c1-5-22(31)19(13-16-8-7-11-27-24(16)32)29-25(33)20(12-15(2)3)30-26(34)21-14-17-18(28-21)9-6-10-23(17)35-4/h6,9-10,14-16,19-20,28H,5,7-8,11-13H2,1-4H3,(H,27,32)(H,29,33)(H,30,34)/t16-,19-,20-/m0/s1. The normalized spacial score (nSPS) is 17.5. The van der Waals surface area contributed by atoms with Gasteiger partial charge >= 0.3 is 0 Å². The molecule has 0 spiro atoms. The van der Waals surface area contributed by atoms with Crippen molar-refractivity contribution in [2.75, 3.05) is 13.7 Å². The molecule has 0 aliphatic carbocycles. The number of rotatable bonds is 11. The summed E-state index contributed by atoms with van der Waals surface area (Å²) in [4.78, 5) is 54.2. The van der Waals surface area contributed by atoms with Crippen LogP contribution in [0.4, 0.5) is 0 Å². The fraction of sp³-hybridized carbons (Fsp3) is 0.538. The van der Waals surface area contributed by atoms with Crippen LogP contribution in [0.1, 0.15) is 63.4 Å². The molecule has 4 N–H and O–H groups in total. The number of nitrogens with one attached hydrogen (secondary N) is 4. The summed E-state index contributed by atoms with van der Waals surface area (Å²) in [5.41, 5.74) is 1.06. The molecule has 1 fully saturated rings. The van der Waals surface area contributed by atoms with Crippen LogP contribution in [0.3, 0.4) is 0 Å². The van der Waals surface area contributed by atoms with E-state index in [4.69, 9.17) is 4.74 Å². The SMILES string of the molecule is CCC(=O)[C@H](C[C@@H]1CCCNC1=O)NC(=O)[C@H](CC(C)C)NC(=O)c1cc2c(OC)cccc2[nH]1. The van der Waals surface area contributed by atoms with E-state index in [0.29, 0.717) is 30.8 Å². The zero-order valence-electron chi connectivity index (χ0n) is 20.9. The first-order valence-electron chi connectivity index (χ1n) is 12.3. The van der Waals surface area contributed by atoms with Gasteiger partial charge in [0.1, 0.15) is 17.5 Å². The second-order valence-corrected chi connectivity index (χ2v) is 9.51. The molecule has 2 aromatic rings. The van der Waals surface area contributed by atoms with Crippen LogP contribution in [-0.4, -0.2) is 54.2 Å². The van der Waals surface area contributed by atoms with Crippen molar-refractivity contribution in [1.29, 1.82) is 0 Å². The summed E-state index contributed by atoms with van der Waals surface area (Å²) in [7, 11) is 1.56. The van der Waals surface area contributed by atoms with Gasteiger partial charge in [0.2, 0.25) is 11.8 Å². The lowest BCUT2D eigenvalue weighted by Crippen LogP contribution is -2.53. The van der Waals surface area contributed by atoms with Crippen molar-refractivity contribution < 1.29 is 23.9 Å². The second kappa shape index (κ2) is 11.9. The number of aromatic amines is 1. The summed E-state index contributed by atoms with van der Waals surface area (Å²) in [6.45, 7) is 6.29. The first-order valence-corrected chi connectivity index (χ1v) is 12.3. The van der Waals surface area contributed by atoms with Gasteiger partial charge < -0.3 is 25.7 Å². The van der Waals surface area contributed by atoms with E-state index >= 15 is 0 Å². The lowest BCUT2D eigenvalue weighted by molar-refractivity contribution is -0.131. The minimum atomic E-state index is -0.830. The van der Waals surface area contributed by atoms with Crippen LogP contribution >= 0.6 is 0 Å². The van der Waals surface area contributed by atoms with Crippen molar-refractivity contribution in [2.45, 2.75) is 65.0 Å². The van der Waals surface area contributed by atoms with Crippen molar-refractivity contribution in [3.05, 3.63) is 30.0 Å². The van der Waals surface area contributed by atoms with Crippen molar-refractivity contribution in [1.82, 2.24) is 20.9 Å². The molecule has 190 valence electrons. The number of piperidine rings is 1. The highest BCUT2D eigenvalue weighted by atomic mass is 16.5. The van der Waals surface area contributed by atoms with Crippen LogP contribution in [-0.2, 0) is 14.4 Å². The van der Waals surface area contributed by atoms with E-state index in [9.17, 15) is 19.2 Å². The first-order chi connectivity index (χ1) is 16.7. The molecule has 2 heterocycles. The van der Waals surface area contributed by atoms with Crippen molar-refractivity contribution in [3.63, 3.8) is 0 Å². The number of hydrogen-bond acceptors (Lipinski definition) is 5. The molecule has 35 heavy (non-hydrogen) atoms. The van der Waals surface area contributed by atoms with E-state index in [-0.39, 0.29) is 36.4 Å². The van der Waals surface area contributed by atoms with E-state index in [2.05, 4.69) is 20.9 Å². The maximum atomic E-state index is 13.3. The molecule has 3 atom stereocenters. The Bertz CT molecular complexity index is 1080. The lowest BCUT2D eigenvalue weighted by atomic mass is 9.89. The number of methoxy groups -OCH3 is 1. The van der Waals surface area contributed by atoms with Gasteiger partial charge in [-0.15, -0.1) is 0 Å². The highest BCUT2D eigenvalue weighted by Gasteiger charge is 2.32. The number of H-pyrrole nitrogens is 1. The number of Topliss-reactive ketones (excluding diaryl/α,β-unsaturated/α-hetero) is 1. The Kier molecular flexibility index (Phi) is 8.89. The van der Waals surface area contributed by atoms with E-state index in [0.717, 1.165) is 17.3 Å². The predicted octanol–water partition coefficient (Wildman–Crippen LogP) is 2.70. The molecule has 9 heteroatoms. The maximum Gasteiger partial charge on any atom is 0.268 e. The molecule has 1 saturated heterocycles. The average Bonchev–Trinajstić information content (AvgIpc) is 3.28. The summed E-state index contributed by atoms with van der Waals surface area (Å²) < 4.78 is 5.36. The van der Waals surface area contributed by atoms with Crippen molar-refractivity contribution >= 4 is 34.4 Å². The first kappa shape index (κ1) is 26.2. The number of carbonyl (C=O) groups is 4. The Labute approximate surface area is 205 Å². The summed E-state index contributed by atoms with van der Waals surface area (Å²) in [5.74, 6) is -0.614. The van der Waals surface area contributed by atoms with E-state index in [1.807, 2.05) is 32.0 Å². The van der Waals surface area contributed by atoms with Crippen LogP contribution < -0.4 is 20.7 Å². The number of benzene rings is 1. The number of aromatic nitrogens is 1. The van der Waals surface area contributed by atoms with E-state index in [1.165, 1.54) is 0 Å². The quantitative estimate of drug-likeness (QED) is 0.390. The number of ketones is 1. The Hall–Kier alpha value is -3.36. The van der Waals surface area contributed by atoms with E-state index in [1.54, 1.807) is 20.1 Å². The number of fused-ring (bicyclic) bond motifs is 1. The molecule has 1 aliphatic rings. The minimum Gasteiger partial charge on any atom is -0.496 e. The molecule has 0 unspecified atom stereocenters. The Morgan fingerprint density at radius 3 is 2.60 bits per heavy atom. The molecular weight excluding hydrogens is 448 g/mol. The van der Waals surface area contributed by atoms with Crippen molar-refractivity contribution in [3.8, 4) is 5.75 Å². The predicted molar refractivity (Wildman–Crippen MR) is 133 cm³/mol.